The highest BCUT2D eigenvalue weighted by atomic mass is 16.2. The molecule has 0 fully saturated rings. The Morgan fingerprint density at radius 1 is 1.30 bits per heavy atom. The second-order valence-electron chi connectivity index (χ2n) is 6.08. The number of carbonyl (C=O) groups is 1. The molecule has 2 amide bonds. The first-order valence-electron chi connectivity index (χ1n) is 7.51. The van der Waals surface area contributed by atoms with E-state index in [1.54, 1.807) is 0 Å². The molecule has 0 saturated carbocycles. The van der Waals surface area contributed by atoms with Crippen LogP contribution in [0.1, 0.15) is 31.4 Å². The van der Waals surface area contributed by atoms with Gasteiger partial charge in [0.15, 0.2) is 0 Å². The number of benzene rings is 1. The van der Waals surface area contributed by atoms with E-state index in [0.717, 1.165) is 12.1 Å². The molecule has 20 heavy (non-hydrogen) atoms. The Labute approximate surface area is 120 Å². The van der Waals surface area contributed by atoms with Crippen LogP contribution in [0.2, 0.25) is 0 Å². The molecule has 1 aliphatic carbocycles. The van der Waals surface area contributed by atoms with Gasteiger partial charge in [0.05, 0.1) is 6.04 Å². The topological polar surface area (TPSA) is 32.3 Å². The highest BCUT2D eigenvalue weighted by Gasteiger charge is 2.27. The summed E-state index contributed by atoms with van der Waals surface area (Å²) in [5.74, 6) is 0.444. The van der Waals surface area contributed by atoms with Gasteiger partial charge in [0.25, 0.3) is 0 Å². The first-order chi connectivity index (χ1) is 9.65. The second-order valence-corrected chi connectivity index (χ2v) is 6.08. The molecule has 3 rings (SSSR count). The number of carbonyl (C=O) groups excluding carboxylic acids is 1. The van der Waals surface area contributed by atoms with Gasteiger partial charge in [-0.15, -0.1) is 0 Å². The summed E-state index contributed by atoms with van der Waals surface area (Å²) in [7, 11) is 0. The summed E-state index contributed by atoms with van der Waals surface area (Å²) < 4.78 is 0. The van der Waals surface area contributed by atoms with E-state index in [-0.39, 0.29) is 12.1 Å². The predicted octanol–water partition coefficient (Wildman–Crippen LogP) is 3.60. The first kappa shape index (κ1) is 13.2. The Morgan fingerprint density at radius 2 is 2.10 bits per heavy atom. The van der Waals surface area contributed by atoms with E-state index in [2.05, 4.69) is 43.4 Å². The van der Waals surface area contributed by atoms with Gasteiger partial charge in [-0.2, -0.15) is 0 Å². The summed E-state index contributed by atoms with van der Waals surface area (Å²) in [5.41, 5.74) is 3.75. The molecule has 0 saturated heterocycles. The number of amides is 2. The van der Waals surface area contributed by atoms with E-state index < -0.39 is 0 Å². The molecule has 0 bridgehead atoms. The minimum Gasteiger partial charge on any atom is -0.314 e. The van der Waals surface area contributed by atoms with Gasteiger partial charge in [-0.05, 0) is 48.4 Å². The molecular formula is C17H22N2O. The maximum Gasteiger partial charge on any atom is 0.322 e. The zero-order valence-electron chi connectivity index (χ0n) is 12.2. The standard InChI is InChI=1S/C17H22N2O/c1-12(2)16-7-4-10-19(16)17(20)18-15-9-8-13-5-3-6-14(13)11-15/h4,7-9,11-12,16H,3,5-6,10H2,1-2H3,(H,18,20)/t16-/m1/s1. The van der Waals surface area contributed by atoms with Crippen molar-refractivity contribution in [2.75, 3.05) is 11.9 Å². The third-order valence-electron chi connectivity index (χ3n) is 4.29. The zero-order valence-corrected chi connectivity index (χ0v) is 12.2. The fourth-order valence-corrected chi connectivity index (χ4v) is 3.18. The van der Waals surface area contributed by atoms with Crippen LogP contribution in [-0.2, 0) is 12.8 Å². The molecule has 1 aromatic rings. The number of fused-ring (bicyclic) bond motifs is 1. The van der Waals surface area contributed by atoms with Crippen LogP contribution < -0.4 is 5.32 Å². The molecule has 1 atom stereocenters. The van der Waals surface area contributed by atoms with E-state index in [4.69, 9.17) is 0 Å². The summed E-state index contributed by atoms with van der Waals surface area (Å²) in [6, 6.07) is 6.53. The molecule has 3 nitrogen and oxygen atoms in total. The van der Waals surface area contributed by atoms with Crippen molar-refractivity contribution in [2.24, 2.45) is 5.92 Å². The van der Waals surface area contributed by atoms with Gasteiger partial charge < -0.3 is 10.2 Å². The molecular weight excluding hydrogens is 248 g/mol. The largest absolute Gasteiger partial charge is 0.322 e. The van der Waals surface area contributed by atoms with Crippen molar-refractivity contribution in [3.05, 3.63) is 41.5 Å². The normalized spacial score (nSPS) is 20.6. The zero-order chi connectivity index (χ0) is 14.1. The summed E-state index contributed by atoms with van der Waals surface area (Å²) in [6.07, 6.45) is 7.76. The van der Waals surface area contributed by atoms with Crippen molar-refractivity contribution in [3.8, 4) is 0 Å². The van der Waals surface area contributed by atoms with Crippen LogP contribution in [-0.4, -0.2) is 23.5 Å². The molecule has 1 aromatic carbocycles. The van der Waals surface area contributed by atoms with Crippen molar-refractivity contribution in [2.45, 2.75) is 39.2 Å². The van der Waals surface area contributed by atoms with E-state index in [1.165, 1.54) is 24.0 Å². The number of hydrogen-bond donors (Lipinski definition) is 1. The van der Waals surface area contributed by atoms with Crippen molar-refractivity contribution >= 4 is 11.7 Å². The van der Waals surface area contributed by atoms with E-state index in [1.807, 2.05) is 11.0 Å². The number of nitrogens with zero attached hydrogens (tertiary/aromatic N) is 1. The van der Waals surface area contributed by atoms with Crippen LogP contribution >= 0.6 is 0 Å². The third-order valence-corrected chi connectivity index (χ3v) is 4.29. The molecule has 1 N–H and O–H groups in total. The minimum absolute atomic E-state index is 0.00615. The number of nitrogens with one attached hydrogen (secondary N) is 1. The Balaban J connectivity index is 1.70. The summed E-state index contributed by atoms with van der Waals surface area (Å²) in [6.45, 7) is 5.01. The maximum absolute atomic E-state index is 12.4. The van der Waals surface area contributed by atoms with E-state index in [9.17, 15) is 4.79 Å². The molecule has 0 unspecified atom stereocenters. The van der Waals surface area contributed by atoms with Gasteiger partial charge in [0, 0.05) is 12.2 Å². The van der Waals surface area contributed by atoms with Gasteiger partial charge in [0.2, 0.25) is 0 Å². The third kappa shape index (κ3) is 2.45. The van der Waals surface area contributed by atoms with Crippen LogP contribution in [0.4, 0.5) is 10.5 Å². The number of anilines is 1. The summed E-state index contributed by atoms with van der Waals surface area (Å²) in [4.78, 5) is 14.3. The second kappa shape index (κ2) is 5.31. The lowest BCUT2D eigenvalue weighted by atomic mass is 10.1. The Bertz CT molecular complexity index is 548. The molecule has 0 spiro atoms. The Hall–Kier alpha value is -1.77. The molecule has 1 aliphatic heterocycles. The van der Waals surface area contributed by atoms with Crippen LogP contribution in [0.15, 0.2) is 30.4 Å². The number of hydrogen-bond acceptors (Lipinski definition) is 1. The predicted molar refractivity (Wildman–Crippen MR) is 82.0 cm³/mol. The number of urea groups is 1. The lowest BCUT2D eigenvalue weighted by molar-refractivity contribution is 0.199. The minimum atomic E-state index is 0.00615. The SMILES string of the molecule is CC(C)[C@H]1C=CCN1C(=O)Nc1ccc2c(c1)CCC2. The molecule has 106 valence electrons. The fraction of sp³-hybridized carbons (Fsp3) is 0.471. The van der Waals surface area contributed by atoms with Crippen molar-refractivity contribution in [1.82, 2.24) is 4.90 Å². The fourth-order valence-electron chi connectivity index (χ4n) is 3.18. The number of aryl methyl sites for hydroxylation is 2. The quantitative estimate of drug-likeness (QED) is 0.818. The molecule has 1 heterocycles. The van der Waals surface area contributed by atoms with E-state index in [0.29, 0.717) is 12.5 Å². The highest BCUT2D eigenvalue weighted by molar-refractivity contribution is 5.90. The van der Waals surface area contributed by atoms with Crippen molar-refractivity contribution in [3.63, 3.8) is 0 Å². The molecule has 0 aromatic heterocycles. The van der Waals surface area contributed by atoms with Gasteiger partial charge in [-0.3, -0.25) is 0 Å². The van der Waals surface area contributed by atoms with Crippen LogP contribution in [0.5, 0.6) is 0 Å². The molecule has 0 radical (unpaired) electrons. The molecule has 3 heteroatoms. The Morgan fingerprint density at radius 3 is 2.90 bits per heavy atom. The van der Waals surface area contributed by atoms with Gasteiger partial charge >= 0.3 is 6.03 Å². The maximum atomic E-state index is 12.4. The smallest absolute Gasteiger partial charge is 0.314 e. The highest BCUT2D eigenvalue weighted by Crippen LogP contribution is 2.25. The van der Waals surface area contributed by atoms with Crippen molar-refractivity contribution < 1.29 is 4.79 Å². The summed E-state index contributed by atoms with van der Waals surface area (Å²) >= 11 is 0. The van der Waals surface area contributed by atoms with Crippen LogP contribution in [0.3, 0.4) is 0 Å². The average Bonchev–Trinajstić information content (AvgIpc) is 3.06. The van der Waals surface area contributed by atoms with Crippen LogP contribution in [0, 0.1) is 5.92 Å². The van der Waals surface area contributed by atoms with Gasteiger partial charge in [0.1, 0.15) is 0 Å². The average molecular weight is 270 g/mol. The summed E-state index contributed by atoms with van der Waals surface area (Å²) in [5, 5.41) is 3.05. The van der Waals surface area contributed by atoms with Crippen molar-refractivity contribution in [1.29, 1.82) is 0 Å². The molecule has 2 aliphatic rings. The van der Waals surface area contributed by atoms with Gasteiger partial charge in [-0.25, -0.2) is 4.79 Å². The lowest BCUT2D eigenvalue weighted by Crippen LogP contribution is -2.41. The van der Waals surface area contributed by atoms with E-state index >= 15 is 0 Å². The Kier molecular flexibility index (Phi) is 3.51. The number of rotatable bonds is 2. The van der Waals surface area contributed by atoms with Gasteiger partial charge in [-0.1, -0.05) is 32.1 Å². The van der Waals surface area contributed by atoms with Crippen LogP contribution in [0.25, 0.3) is 0 Å². The first-order valence-corrected chi connectivity index (χ1v) is 7.51. The lowest BCUT2D eigenvalue weighted by Gasteiger charge is -2.27. The monoisotopic (exact) mass is 270 g/mol.